The average Bonchev–Trinajstić information content (AvgIpc) is 2.14. The number of rotatable bonds is 4. The van der Waals surface area contributed by atoms with Gasteiger partial charge in [0.1, 0.15) is 6.04 Å². The summed E-state index contributed by atoms with van der Waals surface area (Å²) in [6, 6.07) is -0.496. The van der Waals surface area contributed by atoms with Crippen LogP contribution in [0.2, 0.25) is 0 Å². The van der Waals surface area contributed by atoms with Crippen LogP contribution in [0.4, 0.5) is 0 Å². The minimum absolute atomic E-state index is 0.0274. The van der Waals surface area contributed by atoms with E-state index in [2.05, 4.69) is 4.74 Å². The summed E-state index contributed by atoms with van der Waals surface area (Å²) in [6.45, 7) is 3.58. The van der Waals surface area contributed by atoms with Crippen molar-refractivity contribution in [2.24, 2.45) is 0 Å². The molecular formula is C9H17NO3. The molecular weight excluding hydrogens is 170 g/mol. The van der Waals surface area contributed by atoms with E-state index in [-0.39, 0.29) is 11.9 Å². The van der Waals surface area contributed by atoms with Gasteiger partial charge in [0.25, 0.3) is 0 Å². The Hall–Kier alpha value is -1.06. The zero-order chi connectivity index (χ0) is 10.4. The number of nitrogens with zero attached hydrogens (tertiary/aromatic N) is 1. The van der Waals surface area contributed by atoms with Gasteiger partial charge in [0.15, 0.2) is 0 Å². The molecule has 1 unspecified atom stereocenters. The number of methoxy groups -OCH3 is 1. The second-order valence-electron chi connectivity index (χ2n) is 2.95. The fraction of sp³-hybridized carbons (Fsp3) is 0.778. The molecule has 0 aromatic carbocycles. The summed E-state index contributed by atoms with van der Waals surface area (Å²) in [4.78, 5) is 23.8. The maximum atomic E-state index is 11.3. The number of hydrogen-bond acceptors (Lipinski definition) is 3. The van der Waals surface area contributed by atoms with Crippen LogP contribution in [0.5, 0.6) is 0 Å². The smallest absolute Gasteiger partial charge is 0.328 e. The van der Waals surface area contributed by atoms with Crippen LogP contribution in [0, 0.1) is 0 Å². The quantitative estimate of drug-likeness (QED) is 0.612. The lowest BCUT2D eigenvalue weighted by molar-refractivity contribution is -0.150. The highest BCUT2D eigenvalue weighted by Crippen LogP contribution is 2.02. The topological polar surface area (TPSA) is 46.6 Å². The molecule has 0 aromatic rings. The zero-order valence-corrected chi connectivity index (χ0v) is 8.66. The maximum Gasteiger partial charge on any atom is 0.328 e. The van der Waals surface area contributed by atoms with E-state index in [4.69, 9.17) is 0 Å². The number of carbonyl (C=O) groups is 2. The second kappa shape index (κ2) is 5.56. The van der Waals surface area contributed by atoms with E-state index in [0.717, 1.165) is 6.42 Å². The first-order chi connectivity index (χ1) is 6.04. The molecule has 4 heteroatoms. The van der Waals surface area contributed by atoms with Gasteiger partial charge in [-0.05, 0) is 13.3 Å². The Morgan fingerprint density at radius 3 is 2.38 bits per heavy atom. The molecule has 4 nitrogen and oxygen atoms in total. The van der Waals surface area contributed by atoms with Gasteiger partial charge in [0.2, 0.25) is 5.91 Å². The van der Waals surface area contributed by atoms with Crippen molar-refractivity contribution in [2.45, 2.75) is 32.7 Å². The average molecular weight is 187 g/mol. The zero-order valence-electron chi connectivity index (χ0n) is 8.66. The van der Waals surface area contributed by atoms with Crippen molar-refractivity contribution in [3.63, 3.8) is 0 Å². The number of carbonyl (C=O) groups excluding carboxylic acids is 2. The Kier molecular flexibility index (Phi) is 5.11. The molecule has 0 aliphatic carbocycles. The largest absolute Gasteiger partial charge is 0.467 e. The molecule has 0 fully saturated rings. The lowest BCUT2D eigenvalue weighted by Gasteiger charge is -2.22. The Bertz CT molecular complexity index is 191. The molecule has 1 amide bonds. The summed E-state index contributed by atoms with van der Waals surface area (Å²) < 4.78 is 4.53. The van der Waals surface area contributed by atoms with Gasteiger partial charge in [-0.15, -0.1) is 0 Å². The molecule has 0 N–H and O–H groups in total. The third kappa shape index (κ3) is 3.44. The molecule has 0 spiro atoms. The minimum Gasteiger partial charge on any atom is -0.467 e. The molecule has 13 heavy (non-hydrogen) atoms. The van der Waals surface area contributed by atoms with Crippen LogP contribution in [0.25, 0.3) is 0 Å². The van der Waals surface area contributed by atoms with Crippen LogP contribution in [0.15, 0.2) is 0 Å². The fourth-order valence-corrected chi connectivity index (χ4v) is 0.935. The van der Waals surface area contributed by atoms with Gasteiger partial charge in [0, 0.05) is 13.5 Å². The van der Waals surface area contributed by atoms with E-state index >= 15 is 0 Å². The van der Waals surface area contributed by atoms with Gasteiger partial charge in [-0.3, -0.25) is 4.79 Å². The van der Waals surface area contributed by atoms with E-state index < -0.39 is 6.04 Å². The maximum absolute atomic E-state index is 11.3. The highest BCUT2D eigenvalue weighted by molar-refractivity contribution is 5.83. The number of amides is 1. The Labute approximate surface area is 78.9 Å². The monoisotopic (exact) mass is 187 g/mol. The first-order valence-electron chi connectivity index (χ1n) is 4.38. The summed E-state index contributed by atoms with van der Waals surface area (Å²) in [6.07, 6.45) is 1.26. The number of hydrogen-bond donors (Lipinski definition) is 0. The molecule has 0 heterocycles. The highest BCUT2D eigenvalue weighted by atomic mass is 16.5. The third-order valence-electron chi connectivity index (χ3n) is 1.98. The molecule has 0 aliphatic heterocycles. The van der Waals surface area contributed by atoms with Crippen molar-refractivity contribution < 1.29 is 14.3 Å². The summed E-state index contributed by atoms with van der Waals surface area (Å²) in [7, 11) is 2.93. The minimum atomic E-state index is -0.496. The molecule has 0 aliphatic rings. The fourth-order valence-electron chi connectivity index (χ4n) is 0.935. The predicted octanol–water partition coefficient (Wildman–Crippen LogP) is 0.806. The van der Waals surface area contributed by atoms with Crippen molar-refractivity contribution in [3.05, 3.63) is 0 Å². The van der Waals surface area contributed by atoms with Crippen molar-refractivity contribution in [3.8, 4) is 0 Å². The van der Waals surface area contributed by atoms with Gasteiger partial charge in [0.05, 0.1) is 7.11 Å². The molecule has 0 radical (unpaired) electrons. The summed E-state index contributed by atoms with van der Waals surface area (Å²) >= 11 is 0. The van der Waals surface area contributed by atoms with Gasteiger partial charge < -0.3 is 9.64 Å². The number of likely N-dealkylation sites (N-methyl/N-ethyl adjacent to an activating group) is 1. The SMILES string of the molecule is CCCC(=O)N(C)C(C)C(=O)OC. The summed E-state index contributed by atoms with van der Waals surface area (Å²) in [5.41, 5.74) is 0. The van der Waals surface area contributed by atoms with E-state index in [9.17, 15) is 9.59 Å². The molecule has 0 aromatic heterocycles. The lowest BCUT2D eigenvalue weighted by Crippen LogP contribution is -2.40. The van der Waals surface area contributed by atoms with E-state index in [1.165, 1.54) is 12.0 Å². The summed E-state index contributed by atoms with van der Waals surface area (Å²) in [5, 5.41) is 0. The van der Waals surface area contributed by atoms with Crippen LogP contribution in [-0.4, -0.2) is 37.0 Å². The molecule has 0 saturated heterocycles. The normalized spacial score (nSPS) is 12.0. The molecule has 76 valence electrons. The van der Waals surface area contributed by atoms with Crippen molar-refractivity contribution in [1.29, 1.82) is 0 Å². The lowest BCUT2D eigenvalue weighted by atomic mass is 10.2. The van der Waals surface area contributed by atoms with Gasteiger partial charge in [-0.2, -0.15) is 0 Å². The van der Waals surface area contributed by atoms with Crippen LogP contribution < -0.4 is 0 Å². The van der Waals surface area contributed by atoms with E-state index in [1.807, 2.05) is 6.92 Å². The van der Waals surface area contributed by atoms with Crippen LogP contribution >= 0.6 is 0 Å². The van der Waals surface area contributed by atoms with Crippen LogP contribution in [0.3, 0.4) is 0 Å². The Morgan fingerprint density at radius 1 is 1.46 bits per heavy atom. The van der Waals surface area contributed by atoms with Crippen molar-refractivity contribution in [2.75, 3.05) is 14.2 Å². The van der Waals surface area contributed by atoms with Gasteiger partial charge in [-0.25, -0.2) is 4.79 Å². The second-order valence-corrected chi connectivity index (χ2v) is 2.95. The Morgan fingerprint density at radius 2 is 2.00 bits per heavy atom. The highest BCUT2D eigenvalue weighted by Gasteiger charge is 2.21. The third-order valence-corrected chi connectivity index (χ3v) is 1.98. The first kappa shape index (κ1) is 11.9. The van der Waals surface area contributed by atoms with E-state index in [1.54, 1.807) is 14.0 Å². The first-order valence-corrected chi connectivity index (χ1v) is 4.38. The Balaban J connectivity index is 4.16. The van der Waals surface area contributed by atoms with Crippen LogP contribution in [-0.2, 0) is 14.3 Å². The van der Waals surface area contributed by atoms with E-state index in [0.29, 0.717) is 6.42 Å². The number of esters is 1. The molecule has 1 atom stereocenters. The molecule has 0 rings (SSSR count). The van der Waals surface area contributed by atoms with Gasteiger partial charge in [-0.1, -0.05) is 6.92 Å². The van der Waals surface area contributed by atoms with Crippen molar-refractivity contribution >= 4 is 11.9 Å². The standard InChI is InChI=1S/C9H17NO3/c1-5-6-8(11)10(3)7(2)9(12)13-4/h7H,5-6H2,1-4H3. The van der Waals surface area contributed by atoms with Gasteiger partial charge >= 0.3 is 5.97 Å². The molecule has 0 saturated carbocycles. The predicted molar refractivity (Wildman–Crippen MR) is 49.2 cm³/mol. The summed E-state index contributed by atoms with van der Waals surface area (Å²) in [5.74, 6) is -0.410. The van der Waals surface area contributed by atoms with Crippen molar-refractivity contribution in [1.82, 2.24) is 4.90 Å². The van der Waals surface area contributed by atoms with Crippen LogP contribution in [0.1, 0.15) is 26.7 Å². The number of ether oxygens (including phenoxy) is 1. The molecule has 0 bridgehead atoms.